The molecule has 4 heteroatoms. The second-order valence-electron chi connectivity index (χ2n) is 6.48. The molecule has 1 saturated carbocycles. The van der Waals surface area contributed by atoms with Gasteiger partial charge >= 0.3 is 0 Å². The minimum absolute atomic E-state index is 0.00106. The molecule has 4 nitrogen and oxygen atoms in total. The van der Waals surface area contributed by atoms with Crippen molar-refractivity contribution in [1.82, 2.24) is 10.2 Å². The van der Waals surface area contributed by atoms with Crippen LogP contribution in [0.5, 0.6) is 0 Å². The van der Waals surface area contributed by atoms with Crippen LogP contribution < -0.4 is 5.32 Å². The minimum Gasteiger partial charge on any atom is -0.343 e. The molecule has 2 fully saturated rings. The number of carbonyl (C=O) groups excluding carboxylic acids is 2. The molecule has 0 spiro atoms. The Morgan fingerprint density at radius 1 is 1.32 bits per heavy atom. The molecule has 0 aromatic rings. The lowest BCUT2D eigenvalue weighted by Gasteiger charge is -2.39. The van der Waals surface area contributed by atoms with Crippen LogP contribution in [0.4, 0.5) is 0 Å². The third kappa shape index (κ3) is 3.28. The van der Waals surface area contributed by atoms with Crippen LogP contribution in [-0.4, -0.2) is 35.3 Å². The van der Waals surface area contributed by atoms with Crippen molar-refractivity contribution in [1.29, 1.82) is 0 Å². The van der Waals surface area contributed by atoms with Gasteiger partial charge in [0.2, 0.25) is 11.8 Å². The van der Waals surface area contributed by atoms with E-state index in [1.807, 2.05) is 6.92 Å². The predicted octanol–water partition coefficient (Wildman–Crippen LogP) is 1.94. The smallest absolute Gasteiger partial charge is 0.245 e. The number of nitrogens with zero attached hydrogens (tertiary/aromatic N) is 1. The molecule has 2 aliphatic rings. The highest BCUT2D eigenvalue weighted by atomic mass is 16.2. The zero-order chi connectivity index (χ0) is 14.0. The van der Waals surface area contributed by atoms with Gasteiger partial charge in [-0.05, 0) is 31.6 Å². The Balaban J connectivity index is 1.96. The maximum Gasteiger partial charge on any atom is 0.245 e. The van der Waals surface area contributed by atoms with E-state index in [-0.39, 0.29) is 23.9 Å². The predicted molar refractivity (Wildman–Crippen MR) is 74.5 cm³/mol. The maximum absolute atomic E-state index is 12.4. The molecule has 1 saturated heterocycles. The zero-order valence-corrected chi connectivity index (χ0v) is 12.3. The van der Waals surface area contributed by atoms with Crippen LogP contribution in [0.15, 0.2) is 0 Å². The molecular formula is C15H26N2O2. The van der Waals surface area contributed by atoms with E-state index in [1.54, 1.807) is 4.90 Å². The molecular weight excluding hydrogens is 240 g/mol. The van der Waals surface area contributed by atoms with Crippen molar-refractivity contribution in [2.24, 2.45) is 11.8 Å². The first-order valence-electron chi connectivity index (χ1n) is 7.60. The van der Waals surface area contributed by atoms with E-state index in [9.17, 15) is 9.59 Å². The minimum atomic E-state index is -0.315. The summed E-state index contributed by atoms with van der Waals surface area (Å²) in [4.78, 5) is 26.2. The largest absolute Gasteiger partial charge is 0.343 e. The van der Waals surface area contributed by atoms with Gasteiger partial charge < -0.3 is 10.2 Å². The second kappa shape index (κ2) is 5.93. The Kier molecular flexibility index (Phi) is 4.48. The molecule has 2 unspecified atom stereocenters. The molecule has 0 aromatic heterocycles. The van der Waals surface area contributed by atoms with Crippen molar-refractivity contribution >= 4 is 11.8 Å². The maximum atomic E-state index is 12.4. The zero-order valence-electron chi connectivity index (χ0n) is 12.3. The number of piperazine rings is 1. The average Bonchev–Trinajstić information content (AvgIpc) is 2.27. The van der Waals surface area contributed by atoms with Crippen molar-refractivity contribution in [2.45, 2.75) is 65.0 Å². The summed E-state index contributed by atoms with van der Waals surface area (Å²) in [5.74, 6) is 1.30. The number of carbonyl (C=O) groups is 2. The van der Waals surface area contributed by atoms with Crippen LogP contribution >= 0.6 is 0 Å². The highest BCUT2D eigenvalue weighted by molar-refractivity contribution is 5.96. The van der Waals surface area contributed by atoms with Crippen molar-refractivity contribution in [3.8, 4) is 0 Å². The second-order valence-corrected chi connectivity index (χ2v) is 6.48. The van der Waals surface area contributed by atoms with E-state index in [0.29, 0.717) is 5.92 Å². The first-order chi connectivity index (χ1) is 8.99. The van der Waals surface area contributed by atoms with Crippen LogP contribution in [0.3, 0.4) is 0 Å². The third-order valence-corrected chi connectivity index (χ3v) is 4.45. The Bertz CT molecular complexity index is 350. The number of hydrogen-bond donors (Lipinski definition) is 1. The van der Waals surface area contributed by atoms with E-state index in [0.717, 1.165) is 25.3 Å². The lowest BCUT2D eigenvalue weighted by atomic mass is 9.82. The summed E-state index contributed by atoms with van der Waals surface area (Å²) in [6, 6.07) is -0.624. The van der Waals surface area contributed by atoms with E-state index < -0.39 is 0 Å². The highest BCUT2D eigenvalue weighted by Gasteiger charge is 2.38. The Hall–Kier alpha value is -1.06. The lowest BCUT2D eigenvalue weighted by molar-refractivity contribution is -0.149. The van der Waals surface area contributed by atoms with Gasteiger partial charge in [0.25, 0.3) is 0 Å². The number of nitrogens with one attached hydrogen (secondary N) is 1. The first kappa shape index (κ1) is 14.4. The molecule has 0 bridgehead atoms. The standard InChI is InChI=1S/C15H26N2O2/c1-10(2)9-13-15(19)17(11(3)14(18)16-13)8-7-12-5-4-6-12/h10-13H,4-9H2,1-3H3,(H,16,18). The summed E-state index contributed by atoms with van der Waals surface area (Å²) in [7, 11) is 0. The fraction of sp³-hybridized carbons (Fsp3) is 0.867. The summed E-state index contributed by atoms with van der Waals surface area (Å²) >= 11 is 0. The van der Waals surface area contributed by atoms with Gasteiger partial charge in [-0.2, -0.15) is 0 Å². The van der Waals surface area contributed by atoms with Gasteiger partial charge in [-0.3, -0.25) is 9.59 Å². The Labute approximate surface area is 115 Å². The van der Waals surface area contributed by atoms with Crippen molar-refractivity contribution < 1.29 is 9.59 Å². The molecule has 2 rings (SSSR count). The Morgan fingerprint density at radius 2 is 2.00 bits per heavy atom. The SMILES string of the molecule is CC(C)CC1NC(=O)C(C)N(CCC2CCC2)C1=O. The van der Waals surface area contributed by atoms with Crippen molar-refractivity contribution in [3.63, 3.8) is 0 Å². The third-order valence-electron chi connectivity index (χ3n) is 4.45. The van der Waals surface area contributed by atoms with Crippen LogP contribution in [0.25, 0.3) is 0 Å². The monoisotopic (exact) mass is 266 g/mol. The molecule has 108 valence electrons. The fourth-order valence-electron chi connectivity index (χ4n) is 2.92. The summed E-state index contributed by atoms with van der Waals surface area (Å²) in [6.07, 6.45) is 5.69. The first-order valence-corrected chi connectivity index (χ1v) is 7.60. The summed E-state index contributed by atoms with van der Waals surface area (Å²) in [5, 5.41) is 2.86. The quantitative estimate of drug-likeness (QED) is 0.826. The Morgan fingerprint density at radius 3 is 2.53 bits per heavy atom. The van der Waals surface area contributed by atoms with Crippen LogP contribution in [0.1, 0.15) is 52.9 Å². The van der Waals surface area contributed by atoms with E-state index in [4.69, 9.17) is 0 Å². The van der Waals surface area contributed by atoms with Crippen LogP contribution in [-0.2, 0) is 9.59 Å². The molecule has 19 heavy (non-hydrogen) atoms. The van der Waals surface area contributed by atoms with Gasteiger partial charge in [0, 0.05) is 6.54 Å². The molecule has 1 N–H and O–H groups in total. The number of hydrogen-bond acceptors (Lipinski definition) is 2. The number of amides is 2. The van der Waals surface area contributed by atoms with Gasteiger partial charge in [-0.1, -0.05) is 33.1 Å². The molecule has 1 aliphatic carbocycles. The average molecular weight is 266 g/mol. The molecule has 2 atom stereocenters. The molecule has 0 aromatic carbocycles. The highest BCUT2D eigenvalue weighted by Crippen LogP contribution is 2.30. The molecule has 2 amide bonds. The normalized spacial score (nSPS) is 28.5. The van der Waals surface area contributed by atoms with Gasteiger partial charge in [-0.15, -0.1) is 0 Å². The van der Waals surface area contributed by atoms with E-state index >= 15 is 0 Å². The van der Waals surface area contributed by atoms with E-state index in [2.05, 4.69) is 19.2 Å². The molecule has 1 aliphatic heterocycles. The summed E-state index contributed by atoms with van der Waals surface area (Å²) in [5.41, 5.74) is 0. The molecule has 0 radical (unpaired) electrons. The van der Waals surface area contributed by atoms with Crippen LogP contribution in [0, 0.1) is 11.8 Å². The van der Waals surface area contributed by atoms with E-state index in [1.165, 1.54) is 19.3 Å². The summed E-state index contributed by atoms with van der Waals surface area (Å²) < 4.78 is 0. The van der Waals surface area contributed by atoms with Crippen LogP contribution in [0.2, 0.25) is 0 Å². The van der Waals surface area contributed by atoms with Gasteiger partial charge in [0.1, 0.15) is 12.1 Å². The van der Waals surface area contributed by atoms with Gasteiger partial charge in [0.05, 0.1) is 0 Å². The number of rotatable bonds is 5. The fourth-order valence-corrected chi connectivity index (χ4v) is 2.92. The topological polar surface area (TPSA) is 49.4 Å². The molecule has 1 heterocycles. The lowest BCUT2D eigenvalue weighted by Crippen LogP contribution is -2.62. The van der Waals surface area contributed by atoms with Gasteiger partial charge in [-0.25, -0.2) is 0 Å². The summed E-state index contributed by atoms with van der Waals surface area (Å²) in [6.45, 7) is 6.73. The van der Waals surface area contributed by atoms with Crippen molar-refractivity contribution in [2.75, 3.05) is 6.54 Å². The van der Waals surface area contributed by atoms with Gasteiger partial charge in [0.15, 0.2) is 0 Å². The van der Waals surface area contributed by atoms with Crippen molar-refractivity contribution in [3.05, 3.63) is 0 Å².